The molecule has 0 unspecified atom stereocenters. The van der Waals surface area contributed by atoms with E-state index in [9.17, 15) is 30.0 Å². The summed E-state index contributed by atoms with van der Waals surface area (Å²) in [5.74, 6) is -1.27. The van der Waals surface area contributed by atoms with Gasteiger partial charge < -0.3 is 35.7 Å². The summed E-state index contributed by atoms with van der Waals surface area (Å²) in [5, 5.41) is 50.4. The van der Waals surface area contributed by atoms with Gasteiger partial charge in [-0.25, -0.2) is 0 Å². The van der Waals surface area contributed by atoms with Gasteiger partial charge in [0, 0.05) is 13.1 Å². The van der Waals surface area contributed by atoms with Gasteiger partial charge in [0.25, 0.3) is 5.91 Å². The van der Waals surface area contributed by atoms with Gasteiger partial charge in [0.05, 0.1) is 13.2 Å². The number of carbonyl (C=O) groups excluding carboxylic acids is 2. The topological polar surface area (TPSA) is 151 Å². The fourth-order valence-electron chi connectivity index (χ4n) is 5.00. The number of carbonyl (C=O) groups is 2. The van der Waals surface area contributed by atoms with Crippen molar-refractivity contribution < 1.29 is 35.1 Å². The Bertz CT molecular complexity index is 599. The van der Waals surface area contributed by atoms with Crippen molar-refractivity contribution in [2.75, 3.05) is 26.2 Å². The van der Waals surface area contributed by atoms with E-state index in [4.69, 9.17) is 5.11 Å². The van der Waals surface area contributed by atoms with Crippen LogP contribution in [0.2, 0.25) is 0 Å². The lowest BCUT2D eigenvalue weighted by Gasteiger charge is -2.26. The predicted octanol–water partition coefficient (Wildman–Crippen LogP) is 4.21. The van der Waals surface area contributed by atoms with E-state index in [1.54, 1.807) is 4.90 Å². The quantitative estimate of drug-likeness (QED) is 0.0717. The second-order valence-electron chi connectivity index (χ2n) is 11.6. The Morgan fingerprint density at radius 3 is 1.32 bits per heavy atom. The maximum Gasteiger partial charge on any atom is 0.252 e. The van der Waals surface area contributed by atoms with Crippen molar-refractivity contribution in [3.63, 3.8) is 0 Å². The Morgan fingerprint density at radius 1 is 0.585 bits per heavy atom. The van der Waals surface area contributed by atoms with E-state index in [-0.39, 0.29) is 12.5 Å². The minimum Gasteiger partial charge on any atom is -0.394 e. The standard InChI is InChI=1S/C32H64N2O7/c1-3-5-7-9-11-13-15-17-19-21-23-34(24-22-20-18-16-14-12-10-8-6-4-2)28(37)25-33-32(41)31(40)30(39)29(38)27(36)26-35/h27,29-31,35-36,38-40H,3-26H2,1-2H3,(H,33,41)/t27-,29-,30+,31-/m1/s1. The highest BCUT2D eigenvalue weighted by molar-refractivity contribution is 5.87. The first-order valence-corrected chi connectivity index (χ1v) is 16.7. The zero-order chi connectivity index (χ0) is 30.7. The van der Waals surface area contributed by atoms with Gasteiger partial charge in [0.2, 0.25) is 5.91 Å². The molecule has 9 heteroatoms. The molecule has 0 saturated carbocycles. The van der Waals surface area contributed by atoms with Crippen LogP contribution in [0.15, 0.2) is 0 Å². The Balaban J connectivity index is 4.55. The summed E-state index contributed by atoms with van der Waals surface area (Å²) in [4.78, 5) is 27.0. The van der Waals surface area contributed by atoms with E-state index in [1.165, 1.54) is 89.9 Å². The number of nitrogens with one attached hydrogen (secondary N) is 1. The average Bonchev–Trinajstić information content (AvgIpc) is 2.98. The zero-order valence-corrected chi connectivity index (χ0v) is 26.3. The van der Waals surface area contributed by atoms with Crippen LogP contribution in [-0.4, -0.2) is 92.9 Å². The van der Waals surface area contributed by atoms with Crippen molar-refractivity contribution in [1.29, 1.82) is 0 Å². The molecular weight excluding hydrogens is 524 g/mol. The molecule has 0 aromatic rings. The highest BCUT2D eigenvalue weighted by Crippen LogP contribution is 2.13. The Morgan fingerprint density at radius 2 is 0.951 bits per heavy atom. The minimum atomic E-state index is -2.05. The number of hydrogen-bond acceptors (Lipinski definition) is 7. The molecule has 244 valence electrons. The number of unbranched alkanes of at least 4 members (excludes halogenated alkanes) is 18. The van der Waals surface area contributed by atoms with Crippen molar-refractivity contribution in [3.05, 3.63) is 0 Å². The van der Waals surface area contributed by atoms with E-state index >= 15 is 0 Å². The summed E-state index contributed by atoms with van der Waals surface area (Å²) in [6.07, 6.45) is 16.5. The summed E-state index contributed by atoms with van der Waals surface area (Å²) < 4.78 is 0. The van der Waals surface area contributed by atoms with Gasteiger partial charge in [0.15, 0.2) is 6.10 Å². The molecule has 4 atom stereocenters. The molecule has 9 nitrogen and oxygen atoms in total. The Labute approximate surface area is 250 Å². The van der Waals surface area contributed by atoms with Crippen LogP contribution in [-0.2, 0) is 9.59 Å². The molecule has 0 saturated heterocycles. The molecule has 41 heavy (non-hydrogen) atoms. The summed E-state index contributed by atoms with van der Waals surface area (Å²) in [6.45, 7) is 4.54. The van der Waals surface area contributed by atoms with Crippen LogP contribution in [0, 0.1) is 0 Å². The third-order valence-corrected chi connectivity index (χ3v) is 7.85. The van der Waals surface area contributed by atoms with Crippen LogP contribution in [0.1, 0.15) is 142 Å². The number of rotatable bonds is 29. The zero-order valence-electron chi connectivity index (χ0n) is 26.3. The first-order chi connectivity index (χ1) is 19.8. The summed E-state index contributed by atoms with van der Waals surface area (Å²) in [6, 6.07) is 0. The number of aliphatic hydroxyl groups excluding tert-OH is 5. The number of hydrogen-bond donors (Lipinski definition) is 6. The fourth-order valence-corrected chi connectivity index (χ4v) is 5.00. The average molecular weight is 589 g/mol. The number of nitrogens with zero attached hydrogens (tertiary/aromatic N) is 1. The van der Waals surface area contributed by atoms with E-state index < -0.39 is 36.9 Å². The Kier molecular flexibility index (Phi) is 26.7. The molecule has 2 amide bonds. The smallest absolute Gasteiger partial charge is 0.252 e. The van der Waals surface area contributed by atoms with E-state index in [0.717, 1.165) is 38.5 Å². The van der Waals surface area contributed by atoms with Gasteiger partial charge >= 0.3 is 0 Å². The highest BCUT2D eigenvalue weighted by atomic mass is 16.4. The maximum atomic E-state index is 13.0. The van der Waals surface area contributed by atoms with Crippen LogP contribution in [0.25, 0.3) is 0 Å². The SMILES string of the molecule is CCCCCCCCCCCCN(CCCCCCCCCCCC)C(=O)CNC(=O)[C@H](O)[C@@H](O)[C@H](O)[C@H](O)CO. The lowest BCUT2D eigenvalue weighted by Crippen LogP contribution is -2.53. The lowest BCUT2D eigenvalue weighted by atomic mass is 10.0. The van der Waals surface area contributed by atoms with E-state index in [0.29, 0.717) is 13.1 Å². The molecular formula is C32H64N2O7. The number of amides is 2. The second-order valence-corrected chi connectivity index (χ2v) is 11.6. The van der Waals surface area contributed by atoms with Crippen LogP contribution in [0.3, 0.4) is 0 Å². The van der Waals surface area contributed by atoms with Gasteiger partial charge in [-0.1, -0.05) is 129 Å². The largest absolute Gasteiger partial charge is 0.394 e. The molecule has 0 fully saturated rings. The molecule has 0 spiro atoms. The fraction of sp³-hybridized carbons (Fsp3) is 0.938. The molecule has 0 bridgehead atoms. The first kappa shape index (κ1) is 39.7. The van der Waals surface area contributed by atoms with Gasteiger partial charge in [-0.3, -0.25) is 9.59 Å². The van der Waals surface area contributed by atoms with Crippen molar-refractivity contribution in [2.45, 2.75) is 167 Å². The van der Waals surface area contributed by atoms with Gasteiger partial charge in [-0.2, -0.15) is 0 Å². The second kappa shape index (κ2) is 27.6. The van der Waals surface area contributed by atoms with Crippen LogP contribution in [0.4, 0.5) is 0 Å². The normalized spacial score (nSPS) is 14.4. The van der Waals surface area contributed by atoms with Crippen molar-refractivity contribution in [3.8, 4) is 0 Å². The highest BCUT2D eigenvalue weighted by Gasteiger charge is 2.34. The van der Waals surface area contributed by atoms with Crippen molar-refractivity contribution >= 4 is 11.8 Å². The van der Waals surface area contributed by atoms with Crippen LogP contribution < -0.4 is 5.32 Å². The van der Waals surface area contributed by atoms with Gasteiger partial charge in [-0.15, -0.1) is 0 Å². The van der Waals surface area contributed by atoms with Crippen molar-refractivity contribution in [2.24, 2.45) is 0 Å². The summed E-state index contributed by atoms with van der Waals surface area (Å²) in [5.41, 5.74) is 0. The monoisotopic (exact) mass is 588 g/mol. The molecule has 0 aliphatic rings. The molecule has 6 N–H and O–H groups in total. The van der Waals surface area contributed by atoms with Gasteiger partial charge in [-0.05, 0) is 12.8 Å². The third-order valence-electron chi connectivity index (χ3n) is 7.85. The summed E-state index contributed by atoms with van der Waals surface area (Å²) >= 11 is 0. The Hall–Kier alpha value is -1.26. The summed E-state index contributed by atoms with van der Waals surface area (Å²) in [7, 11) is 0. The maximum absolute atomic E-state index is 13.0. The van der Waals surface area contributed by atoms with E-state index in [2.05, 4.69) is 19.2 Å². The number of aliphatic hydroxyl groups is 5. The van der Waals surface area contributed by atoms with Gasteiger partial charge in [0.1, 0.15) is 18.3 Å². The molecule has 0 radical (unpaired) electrons. The molecule has 0 aliphatic carbocycles. The van der Waals surface area contributed by atoms with Crippen molar-refractivity contribution in [1.82, 2.24) is 10.2 Å². The molecule has 0 heterocycles. The molecule has 0 aromatic carbocycles. The van der Waals surface area contributed by atoms with E-state index in [1.807, 2.05) is 0 Å². The van der Waals surface area contributed by atoms with Crippen LogP contribution in [0.5, 0.6) is 0 Å². The molecule has 0 aromatic heterocycles. The molecule has 0 rings (SSSR count). The predicted molar refractivity (Wildman–Crippen MR) is 164 cm³/mol. The first-order valence-electron chi connectivity index (χ1n) is 16.7. The third kappa shape index (κ3) is 21.1. The minimum absolute atomic E-state index is 0.247. The molecule has 0 aliphatic heterocycles. The van der Waals surface area contributed by atoms with Crippen LogP contribution >= 0.6 is 0 Å². The lowest BCUT2D eigenvalue weighted by molar-refractivity contribution is -0.150.